The smallest absolute Gasteiger partial charge is 0.328 e. The Morgan fingerprint density at radius 1 is 1.14 bits per heavy atom. The zero-order chi connectivity index (χ0) is 25.3. The fourth-order valence-corrected chi connectivity index (χ4v) is 5.53. The van der Waals surface area contributed by atoms with Crippen molar-refractivity contribution in [3.63, 3.8) is 0 Å². The number of rotatable bonds is 8. The third-order valence-electron chi connectivity index (χ3n) is 7.46. The van der Waals surface area contributed by atoms with Crippen molar-refractivity contribution >= 4 is 22.9 Å². The van der Waals surface area contributed by atoms with Gasteiger partial charge in [0.2, 0.25) is 0 Å². The highest BCUT2D eigenvalue weighted by Gasteiger charge is 2.49. The topological polar surface area (TPSA) is 86.1 Å². The van der Waals surface area contributed by atoms with Crippen LogP contribution in [0, 0.1) is 5.41 Å². The van der Waals surface area contributed by atoms with Crippen molar-refractivity contribution < 1.29 is 14.3 Å². The Balaban J connectivity index is 1.39. The third kappa shape index (κ3) is 4.31. The molecular formula is C29H34N4O3. The summed E-state index contributed by atoms with van der Waals surface area (Å²) in [6.45, 7) is 6.38. The van der Waals surface area contributed by atoms with Crippen molar-refractivity contribution in [2.24, 2.45) is 5.41 Å². The number of nitrogens with one attached hydrogen (secondary N) is 1. The summed E-state index contributed by atoms with van der Waals surface area (Å²) in [6, 6.07) is 11.5. The molecule has 3 aromatic rings. The number of allylic oxidation sites excluding steroid dienone is 2. The molecule has 0 aliphatic heterocycles. The first-order valence-electron chi connectivity index (χ1n) is 13.1. The van der Waals surface area contributed by atoms with Crippen LogP contribution in [-0.4, -0.2) is 38.9 Å². The van der Waals surface area contributed by atoms with Crippen LogP contribution in [0.25, 0.3) is 16.9 Å². The van der Waals surface area contributed by atoms with Gasteiger partial charge in [-0.3, -0.25) is 9.36 Å². The summed E-state index contributed by atoms with van der Waals surface area (Å²) in [6.07, 6.45) is 8.91. The molecule has 2 aliphatic rings. The molecule has 0 radical (unpaired) electrons. The van der Waals surface area contributed by atoms with Gasteiger partial charge in [0.1, 0.15) is 17.4 Å². The first kappa shape index (κ1) is 24.2. The van der Waals surface area contributed by atoms with E-state index in [4.69, 9.17) is 9.72 Å². The number of aromatic nitrogens is 3. The van der Waals surface area contributed by atoms with Crippen molar-refractivity contribution in [1.29, 1.82) is 0 Å². The van der Waals surface area contributed by atoms with Crippen molar-refractivity contribution in [2.45, 2.75) is 71.3 Å². The molecule has 7 heteroatoms. The van der Waals surface area contributed by atoms with Crippen LogP contribution in [0.5, 0.6) is 0 Å². The monoisotopic (exact) mass is 486 g/mol. The molecule has 1 N–H and O–H groups in total. The standard InChI is InChI=1S/C29H34N4O3/c1-4-36-28(35)23(31-24-18-25(34)29(24)14-6-5-7-15-29)17-20-10-12-21(13-11-20)33-26(19(2)3)32-22-9-8-16-30-27(22)33/h8-13,16,18-19,23,31H,4-7,14-15,17H2,1-3H3/t23-/m0/s1. The highest BCUT2D eigenvalue weighted by molar-refractivity contribution is 6.05. The van der Waals surface area contributed by atoms with E-state index in [0.717, 1.165) is 66.0 Å². The van der Waals surface area contributed by atoms with Crippen LogP contribution in [0.15, 0.2) is 54.4 Å². The van der Waals surface area contributed by atoms with E-state index in [1.165, 1.54) is 0 Å². The molecule has 0 saturated heterocycles. The van der Waals surface area contributed by atoms with Crippen LogP contribution in [0.1, 0.15) is 70.2 Å². The molecule has 1 saturated carbocycles. The predicted molar refractivity (Wildman–Crippen MR) is 139 cm³/mol. The largest absolute Gasteiger partial charge is 0.464 e. The van der Waals surface area contributed by atoms with Crippen LogP contribution in [0.2, 0.25) is 0 Å². The summed E-state index contributed by atoms with van der Waals surface area (Å²) in [4.78, 5) is 34.8. The Kier molecular flexibility index (Phi) is 6.65. The van der Waals surface area contributed by atoms with Crippen LogP contribution < -0.4 is 5.32 Å². The van der Waals surface area contributed by atoms with Gasteiger partial charge < -0.3 is 10.1 Å². The molecule has 2 aliphatic carbocycles. The molecule has 0 amide bonds. The highest BCUT2D eigenvalue weighted by atomic mass is 16.5. The summed E-state index contributed by atoms with van der Waals surface area (Å²) in [5, 5.41) is 3.41. The number of imidazole rings is 1. The number of ether oxygens (including phenoxy) is 1. The Morgan fingerprint density at radius 3 is 2.56 bits per heavy atom. The molecule has 0 unspecified atom stereocenters. The second-order valence-corrected chi connectivity index (χ2v) is 10.2. The van der Waals surface area contributed by atoms with E-state index in [-0.39, 0.29) is 17.7 Å². The number of carbonyl (C=O) groups excluding carboxylic acids is 2. The molecule has 188 valence electrons. The van der Waals surface area contributed by atoms with Gasteiger partial charge in [0.05, 0.1) is 12.0 Å². The SMILES string of the molecule is CCOC(=O)[C@H](Cc1ccc(-n2c(C(C)C)nc3cccnc32)cc1)NC1=CC(=O)C12CCCCC2. The minimum absolute atomic E-state index is 0.193. The fourth-order valence-electron chi connectivity index (χ4n) is 5.53. The lowest BCUT2D eigenvalue weighted by Crippen LogP contribution is -2.52. The quantitative estimate of drug-likeness (QED) is 0.450. The van der Waals surface area contributed by atoms with E-state index in [1.807, 2.05) is 43.3 Å². The van der Waals surface area contributed by atoms with Gasteiger partial charge in [-0.05, 0) is 49.6 Å². The van der Waals surface area contributed by atoms with Crippen LogP contribution in [0.4, 0.5) is 0 Å². The molecule has 2 aromatic heterocycles. The minimum atomic E-state index is -0.545. The number of esters is 1. The van der Waals surface area contributed by atoms with Gasteiger partial charge in [-0.25, -0.2) is 14.8 Å². The fraction of sp³-hybridized carbons (Fsp3) is 0.448. The Hall–Kier alpha value is -3.48. The van der Waals surface area contributed by atoms with Crippen molar-refractivity contribution in [2.75, 3.05) is 6.61 Å². The van der Waals surface area contributed by atoms with Gasteiger partial charge in [-0.15, -0.1) is 0 Å². The number of hydrogen-bond acceptors (Lipinski definition) is 6. The van der Waals surface area contributed by atoms with E-state index < -0.39 is 11.5 Å². The van der Waals surface area contributed by atoms with E-state index in [9.17, 15) is 9.59 Å². The molecule has 5 rings (SSSR count). The number of hydrogen-bond donors (Lipinski definition) is 1. The Bertz CT molecular complexity index is 1300. The van der Waals surface area contributed by atoms with Gasteiger partial charge in [0, 0.05) is 36.0 Å². The second-order valence-electron chi connectivity index (χ2n) is 10.2. The number of nitrogens with zero attached hydrogens (tertiary/aromatic N) is 3. The average Bonchev–Trinajstić information content (AvgIpc) is 3.29. The van der Waals surface area contributed by atoms with E-state index in [0.29, 0.717) is 13.0 Å². The first-order chi connectivity index (χ1) is 17.4. The molecule has 7 nitrogen and oxygen atoms in total. The van der Waals surface area contributed by atoms with Crippen molar-refractivity contribution in [1.82, 2.24) is 19.9 Å². The molecule has 36 heavy (non-hydrogen) atoms. The molecule has 1 fully saturated rings. The lowest BCUT2D eigenvalue weighted by atomic mass is 9.62. The maximum atomic E-state index is 12.9. The summed E-state index contributed by atoms with van der Waals surface area (Å²) in [5.41, 5.74) is 4.18. The lowest BCUT2D eigenvalue weighted by Gasteiger charge is -2.44. The number of pyridine rings is 1. The lowest BCUT2D eigenvalue weighted by molar-refractivity contribution is -0.146. The molecule has 0 bridgehead atoms. The van der Waals surface area contributed by atoms with Crippen LogP contribution in [0.3, 0.4) is 0 Å². The maximum Gasteiger partial charge on any atom is 0.328 e. The third-order valence-corrected chi connectivity index (χ3v) is 7.46. The van der Waals surface area contributed by atoms with Gasteiger partial charge in [0.15, 0.2) is 11.4 Å². The van der Waals surface area contributed by atoms with Crippen LogP contribution >= 0.6 is 0 Å². The Labute approximate surface area is 212 Å². The zero-order valence-corrected chi connectivity index (χ0v) is 21.3. The highest BCUT2D eigenvalue weighted by Crippen LogP contribution is 2.48. The van der Waals surface area contributed by atoms with Crippen molar-refractivity contribution in [3.8, 4) is 5.69 Å². The minimum Gasteiger partial charge on any atom is -0.464 e. The second kappa shape index (κ2) is 9.88. The molecule has 2 heterocycles. The van der Waals surface area contributed by atoms with E-state index in [1.54, 1.807) is 12.3 Å². The summed E-state index contributed by atoms with van der Waals surface area (Å²) in [7, 11) is 0. The molecule has 1 aromatic carbocycles. The molecular weight excluding hydrogens is 452 g/mol. The number of benzene rings is 1. The molecule has 1 atom stereocenters. The number of ketones is 1. The number of fused-ring (bicyclic) bond motifs is 1. The van der Waals surface area contributed by atoms with Gasteiger partial charge in [0.25, 0.3) is 0 Å². The first-order valence-corrected chi connectivity index (χ1v) is 13.1. The van der Waals surface area contributed by atoms with E-state index >= 15 is 0 Å². The van der Waals surface area contributed by atoms with Gasteiger partial charge >= 0.3 is 5.97 Å². The van der Waals surface area contributed by atoms with E-state index in [2.05, 4.69) is 28.7 Å². The maximum absolute atomic E-state index is 12.9. The summed E-state index contributed by atoms with van der Waals surface area (Å²) < 4.78 is 7.49. The predicted octanol–water partition coefficient (Wildman–Crippen LogP) is 5.02. The number of carbonyl (C=O) groups is 2. The Morgan fingerprint density at radius 2 is 1.89 bits per heavy atom. The average molecular weight is 487 g/mol. The van der Waals surface area contributed by atoms with Gasteiger partial charge in [-0.2, -0.15) is 0 Å². The molecule has 1 spiro atoms. The van der Waals surface area contributed by atoms with Gasteiger partial charge in [-0.1, -0.05) is 45.2 Å². The normalized spacial score (nSPS) is 17.7. The van der Waals surface area contributed by atoms with Crippen LogP contribution in [-0.2, 0) is 20.7 Å². The summed E-state index contributed by atoms with van der Waals surface area (Å²) in [5.74, 6) is 1.10. The van der Waals surface area contributed by atoms with Crippen molar-refractivity contribution in [3.05, 3.63) is 65.8 Å². The zero-order valence-electron chi connectivity index (χ0n) is 21.3. The summed E-state index contributed by atoms with van der Waals surface area (Å²) >= 11 is 0.